The number of carbonyl (C=O) groups is 2. The zero-order valence-electron chi connectivity index (χ0n) is 15.5. The van der Waals surface area contributed by atoms with Crippen molar-refractivity contribution in [3.8, 4) is 0 Å². The molecule has 0 aromatic rings. The van der Waals surface area contributed by atoms with Gasteiger partial charge in [0.25, 0.3) is 0 Å². The molecule has 25 heavy (non-hydrogen) atoms. The Morgan fingerprint density at radius 2 is 1.96 bits per heavy atom. The lowest BCUT2D eigenvalue weighted by molar-refractivity contribution is -0.136. The molecule has 4 saturated heterocycles. The summed E-state index contributed by atoms with van der Waals surface area (Å²) < 4.78 is 0. The van der Waals surface area contributed by atoms with Gasteiger partial charge >= 0.3 is 0 Å². The monoisotopic (exact) mass is 348 g/mol. The van der Waals surface area contributed by atoms with Gasteiger partial charge in [0.1, 0.15) is 0 Å². The zero-order valence-corrected chi connectivity index (χ0v) is 15.5. The second-order valence-electron chi connectivity index (χ2n) is 8.34. The van der Waals surface area contributed by atoms with Crippen LogP contribution in [0.1, 0.15) is 45.4 Å². The molecular weight excluding hydrogens is 316 g/mol. The van der Waals surface area contributed by atoms with Gasteiger partial charge in [0.2, 0.25) is 11.8 Å². The second-order valence-corrected chi connectivity index (χ2v) is 8.34. The minimum absolute atomic E-state index is 0.124. The fourth-order valence-corrected chi connectivity index (χ4v) is 5.29. The van der Waals surface area contributed by atoms with E-state index in [1.165, 1.54) is 25.7 Å². The predicted octanol–water partition coefficient (Wildman–Crippen LogP) is 0.672. The Labute approximate surface area is 150 Å². The lowest BCUT2D eigenvalue weighted by Crippen LogP contribution is -2.44. The van der Waals surface area contributed by atoms with Crippen molar-refractivity contribution in [2.45, 2.75) is 63.6 Å². The number of nitrogens with one attached hydrogen (secondary N) is 1. The number of carbonyl (C=O) groups excluding carboxylic acids is 2. The summed E-state index contributed by atoms with van der Waals surface area (Å²) in [7, 11) is 0. The molecule has 0 spiro atoms. The molecule has 2 bridgehead atoms. The van der Waals surface area contributed by atoms with Gasteiger partial charge in [-0.05, 0) is 45.2 Å². The molecule has 4 unspecified atom stereocenters. The van der Waals surface area contributed by atoms with Crippen molar-refractivity contribution >= 4 is 11.8 Å². The Balaban J connectivity index is 1.34. The van der Waals surface area contributed by atoms with Gasteiger partial charge in [-0.15, -0.1) is 0 Å². The van der Waals surface area contributed by atoms with E-state index in [0.717, 1.165) is 39.1 Å². The first-order valence-electron chi connectivity index (χ1n) is 10.2. The van der Waals surface area contributed by atoms with Crippen molar-refractivity contribution in [3.05, 3.63) is 0 Å². The normalized spacial score (nSPS) is 36.3. The molecule has 4 aliphatic heterocycles. The fraction of sp³-hybridized carbons (Fsp3) is 0.895. The molecule has 6 nitrogen and oxygen atoms in total. The third-order valence-electron chi connectivity index (χ3n) is 6.74. The lowest BCUT2D eigenvalue weighted by Gasteiger charge is -2.29. The first-order chi connectivity index (χ1) is 12.1. The Morgan fingerprint density at radius 1 is 1.12 bits per heavy atom. The molecule has 4 aliphatic rings. The fourth-order valence-electron chi connectivity index (χ4n) is 5.29. The van der Waals surface area contributed by atoms with Crippen LogP contribution in [0.3, 0.4) is 0 Å². The van der Waals surface area contributed by atoms with Gasteiger partial charge in [0, 0.05) is 50.7 Å². The van der Waals surface area contributed by atoms with Gasteiger partial charge in [-0.1, -0.05) is 6.92 Å². The topological polar surface area (TPSA) is 55.9 Å². The van der Waals surface area contributed by atoms with Crippen molar-refractivity contribution < 1.29 is 9.59 Å². The average molecular weight is 348 g/mol. The Bertz CT molecular complexity index is 526. The molecule has 6 heteroatoms. The van der Waals surface area contributed by atoms with Crippen molar-refractivity contribution in [1.29, 1.82) is 0 Å². The number of likely N-dealkylation sites (tertiary alicyclic amines) is 3. The van der Waals surface area contributed by atoms with Crippen LogP contribution in [0.2, 0.25) is 0 Å². The van der Waals surface area contributed by atoms with Gasteiger partial charge in [-0.3, -0.25) is 14.5 Å². The third-order valence-corrected chi connectivity index (χ3v) is 6.74. The van der Waals surface area contributed by atoms with Gasteiger partial charge in [0.05, 0.1) is 5.92 Å². The van der Waals surface area contributed by atoms with E-state index in [2.05, 4.69) is 17.1 Å². The second kappa shape index (κ2) is 7.23. The highest BCUT2D eigenvalue weighted by Crippen LogP contribution is 2.26. The van der Waals surface area contributed by atoms with Crippen LogP contribution in [0, 0.1) is 5.92 Å². The molecule has 0 saturated carbocycles. The van der Waals surface area contributed by atoms with E-state index < -0.39 is 0 Å². The molecule has 2 amide bonds. The van der Waals surface area contributed by atoms with Gasteiger partial charge in [-0.25, -0.2) is 0 Å². The minimum Gasteiger partial charge on any atom is -0.341 e. The molecule has 1 N–H and O–H groups in total. The number of likely N-dealkylation sites (N-methyl/N-ethyl adjacent to an activating group) is 1. The smallest absolute Gasteiger partial charge is 0.228 e. The zero-order chi connectivity index (χ0) is 17.4. The Kier molecular flexibility index (Phi) is 5.00. The molecule has 4 atom stereocenters. The van der Waals surface area contributed by atoms with Crippen LogP contribution in [-0.4, -0.2) is 83.9 Å². The standard InChI is InChI=1S/C19H32N4O2/c1-2-21-8-3-4-17(21)13-23-11-14(10-18(23)24)19(25)22-9-7-15-5-6-16(12-22)20-15/h14-17,20H,2-13H2,1H3. The third kappa shape index (κ3) is 3.56. The van der Waals surface area contributed by atoms with Crippen molar-refractivity contribution in [1.82, 2.24) is 20.0 Å². The van der Waals surface area contributed by atoms with Crippen LogP contribution in [0.25, 0.3) is 0 Å². The molecule has 4 heterocycles. The van der Waals surface area contributed by atoms with E-state index in [1.807, 2.05) is 9.80 Å². The lowest BCUT2D eigenvalue weighted by atomic mass is 10.0. The highest BCUT2D eigenvalue weighted by molar-refractivity contribution is 5.89. The summed E-state index contributed by atoms with van der Waals surface area (Å²) in [5, 5.41) is 3.63. The van der Waals surface area contributed by atoms with Gasteiger partial charge in [0.15, 0.2) is 0 Å². The highest BCUT2D eigenvalue weighted by Gasteiger charge is 2.40. The maximum atomic E-state index is 13.0. The molecular formula is C19H32N4O2. The van der Waals surface area contributed by atoms with Crippen molar-refractivity contribution in [3.63, 3.8) is 0 Å². The molecule has 0 aliphatic carbocycles. The summed E-state index contributed by atoms with van der Waals surface area (Å²) in [4.78, 5) is 31.9. The summed E-state index contributed by atoms with van der Waals surface area (Å²) in [6.45, 7) is 7.51. The molecule has 0 radical (unpaired) electrons. The number of amides is 2. The minimum atomic E-state index is -0.124. The summed E-state index contributed by atoms with van der Waals surface area (Å²) in [5.74, 6) is 0.264. The molecule has 4 fully saturated rings. The highest BCUT2D eigenvalue weighted by atomic mass is 16.2. The largest absolute Gasteiger partial charge is 0.341 e. The first-order valence-corrected chi connectivity index (χ1v) is 10.2. The van der Waals surface area contributed by atoms with Crippen LogP contribution in [0.15, 0.2) is 0 Å². The van der Waals surface area contributed by atoms with Gasteiger partial charge < -0.3 is 15.1 Å². The maximum absolute atomic E-state index is 13.0. The van der Waals surface area contributed by atoms with Crippen LogP contribution >= 0.6 is 0 Å². The first kappa shape index (κ1) is 17.3. The SMILES string of the molecule is CCN1CCCC1CN1CC(C(=O)N2CCC3CCC(C2)N3)CC1=O. The van der Waals surface area contributed by atoms with Crippen molar-refractivity contribution in [2.75, 3.05) is 39.3 Å². The van der Waals surface area contributed by atoms with E-state index in [1.54, 1.807) is 0 Å². The average Bonchev–Trinajstić information content (AvgIpc) is 3.27. The van der Waals surface area contributed by atoms with E-state index in [4.69, 9.17) is 0 Å². The number of fused-ring (bicyclic) bond motifs is 2. The molecule has 140 valence electrons. The molecule has 0 aromatic carbocycles. The summed E-state index contributed by atoms with van der Waals surface area (Å²) in [6.07, 6.45) is 6.30. The number of hydrogen-bond acceptors (Lipinski definition) is 4. The Hall–Kier alpha value is -1.14. The number of rotatable bonds is 4. The van der Waals surface area contributed by atoms with E-state index >= 15 is 0 Å². The van der Waals surface area contributed by atoms with Crippen LogP contribution < -0.4 is 5.32 Å². The van der Waals surface area contributed by atoms with Gasteiger partial charge in [-0.2, -0.15) is 0 Å². The molecule has 4 rings (SSSR count). The Morgan fingerprint density at radius 3 is 2.80 bits per heavy atom. The maximum Gasteiger partial charge on any atom is 0.228 e. The predicted molar refractivity (Wildman–Crippen MR) is 96.1 cm³/mol. The number of hydrogen-bond donors (Lipinski definition) is 1. The quantitative estimate of drug-likeness (QED) is 0.811. The van der Waals surface area contributed by atoms with Crippen LogP contribution in [0.4, 0.5) is 0 Å². The molecule has 0 aromatic heterocycles. The van der Waals surface area contributed by atoms with Crippen LogP contribution in [-0.2, 0) is 9.59 Å². The van der Waals surface area contributed by atoms with Crippen LogP contribution in [0.5, 0.6) is 0 Å². The number of nitrogens with zero attached hydrogens (tertiary/aromatic N) is 3. The van der Waals surface area contributed by atoms with Crippen molar-refractivity contribution in [2.24, 2.45) is 5.92 Å². The summed E-state index contributed by atoms with van der Waals surface area (Å²) in [5.41, 5.74) is 0. The van der Waals surface area contributed by atoms with E-state index in [0.29, 0.717) is 31.1 Å². The van der Waals surface area contributed by atoms with E-state index in [-0.39, 0.29) is 17.7 Å². The summed E-state index contributed by atoms with van der Waals surface area (Å²) >= 11 is 0. The van der Waals surface area contributed by atoms with E-state index in [9.17, 15) is 9.59 Å². The summed E-state index contributed by atoms with van der Waals surface area (Å²) in [6, 6.07) is 1.54.